The predicted octanol–water partition coefficient (Wildman–Crippen LogP) is 0.806. The molecule has 0 aromatic heterocycles. The number of anilines is 2. The molecule has 1 aromatic rings. The monoisotopic (exact) mass is 482 g/mol. The highest BCUT2D eigenvalue weighted by molar-refractivity contribution is 7.94. The minimum Gasteiger partial charge on any atom is -0.333 e. The summed E-state index contributed by atoms with van der Waals surface area (Å²) in [5, 5.41) is 9.27. The Hall–Kier alpha value is -3.35. The maximum Gasteiger partial charge on any atom is 0.327 e. The molecule has 0 saturated carbocycles. The molecule has 4 N–H and O–H groups in total. The minimum absolute atomic E-state index is 0.163. The molecule has 0 fully saturated rings. The van der Waals surface area contributed by atoms with Crippen molar-refractivity contribution in [3.05, 3.63) is 24.3 Å². The van der Waals surface area contributed by atoms with Gasteiger partial charge in [-0.1, -0.05) is 12.1 Å². The van der Waals surface area contributed by atoms with E-state index in [-0.39, 0.29) is 11.4 Å². The zero-order valence-corrected chi connectivity index (χ0v) is 20.3. The van der Waals surface area contributed by atoms with E-state index in [1.165, 1.54) is 12.1 Å². The second-order valence-electron chi connectivity index (χ2n) is 9.51. The largest absolute Gasteiger partial charge is 0.333 e. The van der Waals surface area contributed by atoms with E-state index in [0.29, 0.717) is 0 Å². The van der Waals surface area contributed by atoms with Crippen molar-refractivity contribution in [1.82, 2.24) is 21.3 Å². The van der Waals surface area contributed by atoms with Crippen molar-refractivity contribution in [1.29, 1.82) is 0 Å². The molecule has 0 saturated heterocycles. The van der Waals surface area contributed by atoms with Crippen molar-refractivity contribution in [2.45, 2.75) is 52.6 Å². The molecule has 0 unspecified atom stereocenters. The van der Waals surface area contributed by atoms with Crippen LogP contribution in [-0.4, -0.2) is 56.5 Å². The molecule has 182 valence electrons. The Morgan fingerprint density at radius 1 is 0.727 bits per heavy atom. The maximum absolute atomic E-state index is 13.1. The number of imide groups is 2. The van der Waals surface area contributed by atoms with Crippen LogP contribution in [0.2, 0.25) is 0 Å². The van der Waals surface area contributed by atoms with Gasteiger partial charge in [-0.2, -0.15) is 8.42 Å². The molecule has 0 atom stereocenters. The lowest BCUT2D eigenvalue weighted by molar-refractivity contribution is -0.119. The van der Waals surface area contributed by atoms with Crippen molar-refractivity contribution in [2.75, 3.05) is 21.7 Å². The molecule has 0 bridgehead atoms. The van der Waals surface area contributed by atoms with Gasteiger partial charge in [-0.3, -0.25) is 20.2 Å². The highest BCUT2D eigenvalue weighted by Crippen LogP contribution is 2.40. The van der Waals surface area contributed by atoms with Crippen LogP contribution in [0.3, 0.4) is 0 Å². The molecule has 13 heteroatoms. The van der Waals surface area contributed by atoms with Crippen LogP contribution >= 0.6 is 0 Å². The summed E-state index contributed by atoms with van der Waals surface area (Å²) in [5.74, 6) is -1.71. The van der Waals surface area contributed by atoms with Crippen molar-refractivity contribution < 1.29 is 27.6 Å². The van der Waals surface area contributed by atoms with Gasteiger partial charge >= 0.3 is 22.3 Å². The zero-order valence-electron chi connectivity index (χ0n) is 19.5. The van der Waals surface area contributed by atoms with Crippen LogP contribution in [0.25, 0.3) is 0 Å². The third-order valence-corrected chi connectivity index (χ3v) is 5.80. The summed E-state index contributed by atoms with van der Waals surface area (Å²) in [4.78, 5) is 48.6. The molecule has 1 aromatic carbocycles. The molecular formula is C20H30N6O6S. The Morgan fingerprint density at radius 3 is 1.36 bits per heavy atom. The Kier molecular flexibility index (Phi) is 7.27. The second-order valence-corrected chi connectivity index (χ2v) is 11.3. The minimum atomic E-state index is -4.34. The number of hydrogen-bond acceptors (Lipinski definition) is 6. The summed E-state index contributed by atoms with van der Waals surface area (Å²) in [5.41, 5.74) is -0.869. The molecule has 33 heavy (non-hydrogen) atoms. The van der Waals surface area contributed by atoms with Gasteiger partial charge in [0.25, 0.3) is 0 Å². The smallest absolute Gasteiger partial charge is 0.327 e. The van der Waals surface area contributed by atoms with Crippen LogP contribution in [0.15, 0.2) is 24.3 Å². The summed E-state index contributed by atoms with van der Waals surface area (Å²) in [7, 11) is -4.34. The van der Waals surface area contributed by atoms with E-state index in [1.807, 2.05) is 0 Å². The van der Waals surface area contributed by atoms with Crippen molar-refractivity contribution >= 4 is 45.5 Å². The number of nitrogens with zero attached hydrogens (tertiary/aromatic N) is 2. The first kappa shape index (κ1) is 25.9. The molecule has 1 heterocycles. The Morgan fingerprint density at radius 2 is 1.06 bits per heavy atom. The fraction of sp³-hybridized carbons (Fsp3) is 0.500. The molecule has 12 nitrogen and oxygen atoms in total. The zero-order chi connectivity index (χ0) is 25.2. The molecule has 1 aliphatic rings. The molecule has 0 aliphatic carbocycles. The summed E-state index contributed by atoms with van der Waals surface area (Å²) in [6, 6.07) is 4.56. The highest BCUT2D eigenvalue weighted by atomic mass is 32.2. The van der Waals surface area contributed by atoms with Gasteiger partial charge in [0, 0.05) is 11.1 Å². The lowest BCUT2D eigenvalue weighted by Crippen LogP contribution is -2.52. The standard InChI is InChI=1S/C20H30N6O6S/c1-19(2,3)23-17(29)21-15(27)11-25-13-9-7-8-10-14(13)26(33(25,31)32)12-16(28)22-18(30)24-20(4,5)6/h7-10H,11-12H2,1-6H3,(H2,21,23,27,29)(H2,22,24,28,30). The third kappa shape index (κ3) is 7.07. The lowest BCUT2D eigenvalue weighted by atomic mass is 10.1. The number of para-hydroxylation sites is 2. The van der Waals surface area contributed by atoms with Crippen LogP contribution in [0, 0.1) is 0 Å². The van der Waals surface area contributed by atoms with Crippen LogP contribution < -0.4 is 29.9 Å². The van der Waals surface area contributed by atoms with Gasteiger partial charge in [-0.15, -0.1) is 0 Å². The molecule has 6 amide bonds. The normalized spacial score (nSPS) is 14.8. The third-order valence-electron chi connectivity index (χ3n) is 4.03. The number of fused-ring (bicyclic) bond motifs is 1. The van der Waals surface area contributed by atoms with E-state index in [9.17, 15) is 27.6 Å². The van der Waals surface area contributed by atoms with Crippen molar-refractivity contribution in [3.63, 3.8) is 0 Å². The number of carbonyl (C=O) groups excluding carboxylic acids is 4. The van der Waals surface area contributed by atoms with Crippen LogP contribution in [-0.2, 0) is 19.8 Å². The first-order valence-electron chi connectivity index (χ1n) is 10.1. The van der Waals surface area contributed by atoms with E-state index in [2.05, 4.69) is 21.3 Å². The number of carbonyl (C=O) groups is 4. The number of amides is 6. The van der Waals surface area contributed by atoms with Gasteiger partial charge in [-0.05, 0) is 53.7 Å². The maximum atomic E-state index is 13.1. The average Bonchev–Trinajstić information content (AvgIpc) is 2.79. The Labute approximate surface area is 193 Å². The molecule has 1 aliphatic heterocycles. The van der Waals surface area contributed by atoms with Crippen LogP contribution in [0.1, 0.15) is 41.5 Å². The lowest BCUT2D eigenvalue weighted by Gasteiger charge is -2.23. The predicted molar refractivity (Wildman–Crippen MR) is 123 cm³/mol. The molecular weight excluding hydrogens is 452 g/mol. The fourth-order valence-electron chi connectivity index (χ4n) is 2.92. The van der Waals surface area contributed by atoms with Crippen molar-refractivity contribution in [2.24, 2.45) is 0 Å². The van der Waals surface area contributed by atoms with Gasteiger partial charge in [0.1, 0.15) is 13.1 Å². The van der Waals surface area contributed by atoms with E-state index in [0.717, 1.165) is 8.61 Å². The number of benzene rings is 1. The van der Waals surface area contributed by atoms with Crippen LogP contribution in [0.5, 0.6) is 0 Å². The number of nitrogens with one attached hydrogen (secondary N) is 4. The molecule has 2 rings (SSSR count). The van der Waals surface area contributed by atoms with Crippen LogP contribution in [0.4, 0.5) is 21.0 Å². The Balaban J connectivity index is 2.17. The van der Waals surface area contributed by atoms with Gasteiger partial charge in [0.2, 0.25) is 11.8 Å². The molecule has 0 spiro atoms. The van der Waals surface area contributed by atoms with E-state index >= 15 is 0 Å². The second kappa shape index (κ2) is 9.25. The SMILES string of the molecule is CC(C)(C)NC(=O)NC(=O)CN1c2ccccc2N(CC(=O)NC(=O)NC(C)(C)C)S1(=O)=O. The first-order valence-corrected chi connectivity index (χ1v) is 11.5. The number of urea groups is 2. The van der Waals surface area contributed by atoms with E-state index < -0.39 is 58.3 Å². The summed E-state index contributed by atoms with van der Waals surface area (Å²) >= 11 is 0. The van der Waals surface area contributed by atoms with Gasteiger partial charge in [-0.25, -0.2) is 18.2 Å². The fourth-order valence-corrected chi connectivity index (χ4v) is 4.53. The van der Waals surface area contributed by atoms with Gasteiger partial charge < -0.3 is 10.6 Å². The quantitative estimate of drug-likeness (QED) is 0.497. The van der Waals surface area contributed by atoms with Crippen molar-refractivity contribution in [3.8, 4) is 0 Å². The topological polar surface area (TPSA) is 157 Å². The number of rotatable bonds is 4. The summed E-state index contributed by atoms with van der Waals surface area (Å²) < 4.78 is 27.9. The first-order chi connectivity index (χ1) is 15.0. The highest BCUT2D eigenvalue weighted by Gasteiger charge is 2.42. The van der Waals surface area contributed by atoms with E-state index in [1.54, 1.807) is 53.7 Å². The average molecular weight is 483 g/mol. The molecule has 0 radical (unpaired) electrons. The Bertz CT molecular complexity index is 981. The van der Waals surface area contributed by atoms with Gasteiger partial charge in [0.15, 0.2) is 0 Å². The summed E-state index contributed by atoms with van der Waals surface area (Å²) in [6.07, 6.45) is 0. The number of hydrogen-bond donors (Lipinski definition) is 4. The van der Waals surface area contributed by atoms with Gasteiger partial charge in [0.05, 0.1) is 11.4 Å². The summed E-state index contributed by atoms with van der Waals surface area (Å²) in [6.45, 7) is 8.99. The van der Waals surface area contributed by atoms with E-state index in [4.69, 9.17) is 0 Å².